The molecule has 0 aromatic heterocycles. The van der Waals surface area contributed by atoms with Gasteiger partial charge in [0.05, 0.1) is 16.9 Å². The summed E-state index contributed by atoms with van der Waals surface area (Å²) in [6, 6.07) is 25.7. The van der Waals surface area contributed by atoms with E-state index in [1.807, 2.05) is 67.3 Å². The van der Waals surface area contributed by atoms with Gasteiger partial charge in [0.15, 0.2) is 11.6 Å². The van der Waals surface area contributed by atoms with Crippen LogP contribution in [0.25, 0.3) is 5.57 Å². The fraction of sp³-hybridized carbons (Fsp3) is 0.171. The number of nitrogens with one attached hydrogen (secondary N) is 1. The van der Waals surface area contributed by atoms with Gasteiger partial charge in [-0.15, -0.1) is 0 Å². The molecule has 3 aliphatic heterocycles. The molecular formula is C35H27N3O5. The van der Waals surface area contributed by atoms with Crippen molar-refractivity contribution in [3.63, 3.8) is 0 Å². The Bertz CT molecular complexity index is 1900. The van der Waals surface area contributed by atoms with Gasteiger partial charge in [0.1, 0.15) is 11.5 Å². The number of aryl methyl sites for hydroxylation is 1. The lowest BCUT2D eigenvalue weighted by Crippen LogP contribution is -2.51. The van der Waals surface area contributed by atoms with Crippen LogP contribution in [0.15, 0.2) is 103 Å². The number of anilines is 2. The normalized spacial score (nSPS) is 23.2. The van der Waals surface area contributed by atoms with Gasteiger partial charge in [0, 0.05) is 40.2 Å². The summed E-state index contributed by atoms with van der Waals surface area (Å²) in [6.45, 7) is 3.97. The Hall–Kier alpha value is -5.37. The van der Waals surface area contributed by atoms with Crippen molar-refractivity contribution in [2.24, 2.45) is 5.92 Å². The number of non-ortho nitro benzene ring substituents is 1. The molecule has 4 aromatic rings. The zero-order chi connectivity index (χ0) is 30.0. The van der Waals surface area contributed by atoms with Crippen molar-refractivity contribution >= 4 is 40.1 Å². The number of amides is 1. The van der Waals surface area contributed by atoms with Gasteiger partial charge in [-0.3, -0.25) is 24.5 Å². The maximum absolute atomic E-state index is 14.9. The largest absolute Gasteiger partial charge is 0.352 e. The maximum Gasteiger partial charge on any atom is 0.270 e. The topological polar surface area (TPSA) is 110 Å². The second-order valence-electron chi connectivity index (χ2n) is 11.4. The summed E-state index contributed by atoms with van der Waals surface area (Å²) >= 11 is 0. The zero-order valence-electron chi connectivity index (χ0n) is 23.5. The summed E-state index contributed by atoms with van der Waals surface area (Å²) in [6.07, 6.45) is 2.00. The van der Waals surface area contributed by atoms with Crippen LogP contribution in [0.4, 0.5) is 17.1 Å². The third-order valence-corrected chi connectivity index (χ3v) is 9.08. The molecule has 1 amide bonds. The number of hydrogen-bond donors (Lipinski definition) is 1. The lowest BCUT2D eigenvalue weighted by Gasteiger charge is -2.39. The van der Waals surface area contributed by atoms with Gasteiger partial charge in [0.25, 0.3) is 5.69 Å². The molecule has 0 saturated carbocycles. The van der Waals surface area contributed by atoms with Gasteiger partial charge in [0.2, 0.25) is 5.91 Å². The number of Topliss-reactive ketones (excluding diaryl/α,β-unsaturated/α-hetero) is 2. The van der Waals surface area contributed by atoms with Gasteiger partial charge in [-0.1, -0.05) is 78.4 Å². The highest BCUT2D eigenvalue weighted by molar-refractivity contribution is 6.18. The van der Waals surface area contributed by atoms with Gasteiger partial charge in [-0.05, 0) is 43.2 Å². The Labute approximate surface area is 247 Å². The third kappa shape index (κ3) is 3.72. The van der Waals surface area contributed by atoms with Crippen LogP contribution in [0.1, 0.15) is 44.3 Å². The van der Waals surface area contributed by atoms with E-state index in [0.29, 0.717) is 16.8 Å². The summed E-state index contributed by atoms with van der Waals surface area (Å²) in [5.74, 6) is -2.38. The molecule has 3 aliphatic rings. The van der Waals surface area contributed by atoms with Crippen molar-refractivity contribution in [2.45, 2.75) is 31.3 Å². The first-order valence-corrected chi connectivity index (χ1v) is 14.1. The number of nitro groups is 1. The molecule has 212 valence electrons. The Balaban J connectivity index is 1.56. The van der Waals surface area contributed by atoms with Crippen molar-refractivity contribution in [3.05, 3.63) is 141 Å². The van der Waals surface area contributed by atoms with Gasteiger partial charge in [-0.25, -0.2) is 0 Å². The Morgan fingerprint density at radius 1 is 0.860 bits per heavy atom. The quantitative estimate of drug-likeness (QED) is 0.175. The number of ketones is 2. The molecule has 0 aliphatic carbocycles. The molecule has 4 atom stereocenters. The summed E-state index contributed by atoms with van der Waals surface area (Å²) in [5, 5.41) is 14.7. The number of hydrogen-bond acceptors (Lipinski definition) is 6. The first kappa shape index (κ1) is 26.5. The van der Waals surface area contributed by atoms with E-state index in [1.165, 1.54) is 24.3 Å². The number of benzene rings is 4. The van der Waals surface area contributed by atoms with E-state index < -0.39 is 34.1 Å². The molecule has 1 fully saturated rings. The second-order valence-corrected chi connectivity index (χ2v) is 11.4. The van der Waals surface area contributed by atoms with Gasteiger partial charge in [-0.2, -0.15) is 0 Å². The standard InChI is InChI=1S/C35H27N3O5/c1-20-15-16-28-25(17-20)21(2)18-29-35(26-13-6-7-14-27(26)36-34(35)41)30(32(39)23-11-8-12-24(19-23)38(42)43)31(37(28)29)33(40)22-9-4-3-5-10-22/h3-19,29-31H,1-2H3,(H,36,41). The summed E-state index contributed by atoms with van der Waals surface area (Å²) in [4.78, 5) is 57.1. The number of fused-ring (bicyclic) bond motifs is 6. The third-order valence-electron chi connectivity index (χ3n) is 9.08. The molecule has 3 heterocycles. The predicted molar refractivity (Wildman–Crippen MR) is 163 cm³/mol. The van der Waals surface area contributed by atoms with E-state index in [-0.39, 0.29) is 22.9 Å². The van der Waals surface area contributed by atoms with Crippen molar-refractivity contribution < 1.29 is 19.3 Å². The van der Waals surface area contributed by atoms with Crippen molar-refractivity contribution in [1.82, 2.24) is 0 Å². The number of para-hydroxylation sites is 1. The highest BCUT2D eigenvalue weighted by Gasteiger charge is 2.70. The number of nitro benzene ring substituents is 1. The van der Waals surface area contributed by atoms with Crippen LogP contribution in [0.3, 0.4) is 0 Å². The number of rotatable bonds is 5. The molecule has 0 radical (unpaired) electrons. The lowest BCUT2D eigenvalue weighted by atomic mass is 9.64. The molecule has 8 heteroatoms. The van der Waals surface area contributed by atoms with Crippen molar-refractivity contribution in [3.8, 4) is 0 Å². The average Bonchev–Trinajstić information content (AvgIpc) is 3.49. The van der Waals surface area contributed by atoms with Crippen molar-refractivity contribution in [1.29, 1.82) is 0 Å². The van der Waals surface area contributed by atoms with Crippen LogP contribution in [-0.2, 0) is 10.2 Å². The van der Waals surface area contributed by atoms with E-state index in [2.05, 4.69) is 5.32 Å². The maximum atomic E-state index is 14.9. The summed E-state index contributed by atoms with van der Waals surface area (Å²) in [7, 11) is 0. The SMILES string of the molecule is CC1=CC2N(c3ccc(C)cc31)C(C(=O)c1ccccc1)C(C(=O)c1cccc([N+](=O)[O-])c1)C21C(=O)Nc2ccccc21. The molecule has 1 spiro atoms. The molecule has 8 nitrogen and oxygen atoms in total. The van der Waals surface area contributed by atoms with E-state index in [1.54, 1.807) is 30.3 Å². The van der Waals surface area contributed by atoms with Crippen molar-refractivity contribution in [2.75, 3.05) is 10.2 Å². The number of carbonyl (C=O) groups is 3. The van der Waals surface area contributed by atoms with Crippen LogP contribution < -0.4 is 10.2 Å². The molecule has 0 bridgehead atoms. The molecule has 4 unspecified atom stereocenters. The summed E-state index contributed by atoms with van der Waals surface area (Å²) < 4.78 is 0. The monoisotopic (exact) mass is 569 g/mol. The smallest absolute Gasteiger partial charge is 0.270 e. The average molecular weight is 570 g/mol. The molecule has 1 saturated heterocycles. The number of allylic oxidation sites excluding steroid dienone is 1. The van der Waals surface area contributed by atoms with Crippen LogP contribution in [-0.4, -0.2) is 34.5 Å². The first-order valence-electron chi connectivity index (χ1n) is 14.1. The van der Waals surface area contributed by atoms with Gasteiger partial charge < -0.3 is 10.2 Å². The van der Waals surface area contributed by atoms with Gasteiger partial charge >= 0.3 is 0 Å². The summed E-state index contributed by atoms with van der Waals surface area (Å²) in [5.41, 5.74) is 3.62. The zero-order valence-corrected chi connectivity index (χ0v) is 23.5. The Morgan fingerprint density at radius 3 is 2.35 bits per heavy atom. The minimum atomic E-state index is -1.49. The highest BCUT2D eigenvalue weighted by atomic mass is 16.6. The molecule has 43 heavy (non-hydrogen) atoms. The molecule has 1 N–H and O–H groups in total. The molecular weight excluding hydrogens is 542 g/mol. The van der Waals surface area contributed by atoms with E-state index >= 15 is 0 Å². The fourth-order valence-corrected chi connectivity index (χ4v) is 7.27. The Kier molecular flexibility index (Phi) is 5.92. The van der Waals surface area contributed by atoms with E-state index in [4.69, 9.17) is 0 Å². The predicted octanol–water partition coefficient (Wildman–Crippen LogP) is 6.15. The van der Waals surface area contributed by atoms with E-state index in [9.17, 15) is 24.5 Å². The highest BCUT2D eigenvalue weighted by Crippen LogP contribution is 2.59. The number of carbonyl (C=O) groups excluding carboxylic acids is 3. The van der Waals surface area contributed by atoms with Crippen LogP contribution in [0.5, 0.6) is 0 Å². The molecule has 4 aromatic carbocycles. The van der Waals surface area contributed by atoms with Crippen LogP contribution >= 0.6 is 0 Å². The minimum absolute atomic E-state index is 0.0753. The lowest BCUT2D eigenvalue weighted by molar-refractivity contribution is -0.384. The number of nitrogens with zero attached hydrogens (tertiary/aromatic N) is 2. The Morgan fingerprint density at radius 2 is 1.58 bits per heavy atom. The van der Waals surface area contributed by atoms with Crippen LogP contribution in [0, 0.1) is 23.0 Å². The minimum Gasteiger partial charge on any atom is -0.352 e. The van der Waals surface area contributed by atoms with Crippen LogP contribution in [0.2, 0.25) is 0 Å². The second kappa shape index (κ2) is 9.59. The van der Waals surface area contributed by atoms with E-state index in [0.717, 1.165) is 22.4 Å². The molecule has 7 rings (SSSR count). The first-order chi connectivity index (χ1) is 20.7. The fourth-order valence-electron chi connectivity index (χ4n) is 7.27.